The van der Waals surface area contributed by atoms with Gasteiger partial charge in [-0.3, -0.25) is 4.79 Å². The van der Waals surface area contributed by atoms with E-state index in [1.807, 2.05) is 24.4 Å². The van der Waals surface area contributed by atoms with E-state index < -0.39 is 0 Å². The van der Waals surface area contributed by atoms with Gasteiger partial charge in [0.2, 0.25) is 0 Å². The van der Waals surface area contributed by atoms with Crippen molar-refractivity contribution in [2.45, 2.75) is 6.92 Å². The number of carbonyl (C=O) groups excluding carboxylic acids is 1. The van der Waals surface area contributed by atoms with Crippen LogP contribution in [0, 0.1) is 6.92 Å². The first kappa shape index (κ1) is 9.21. The summed E-state index contributed by atoms with van der Waals surface area (Å²) in [6, 6.07) is 3.88. The number of thiophene rings is 1. The largest absolute Gasteiger partial charge is 0.496 e. The zero-order chi connectivity index (χ0) is 10.1. The van der Waals surface area contributed by atoms with E-state index in [1.165, 1.54) is 4.70 Å². The van der Waals surface area contributed by atoms with Crippen LogP contribution in [0.25, 0.3) is 10.1 Å². The molecule has 0 atom stereocenters. The Hall–Kier alpha value is -1.35. The molecule has 0 saturated heterocycles. The van der Waals surface area contributed by atoms with Crippen molar-refractivity contribution in [2.75, 3.05) is 7.11 Å². The number of benzene rings is 1. The van der Waals surface area contributed by atoms with Gasteiger partial charge in [0.25, 0.3) is 0 Å². The van der Waals surface area contributed by atoms with Gasteiger partial charge < -0.3 is 4.74 Å². The van der Waals surface area contributed by atoms with Crippen molar-refractivity contribution in [3.8, 4) is 5.75 Å². The predicted octanol–water partition coefficient (Wildman–Crippen LogP) is 3.03. The van der Waals surface area contributed by atoms with Gasteiger partial charge in [-0.05, 0) is 29.8 Å². The molecular formula is C11H10O2S. The van der Waals surface area contributed by atoms with Crippen molar-refractivity contribution in [1.29, 1.82) is 0 Å². The van der Waals surface area contributed by atoms with Gasteiger partial charge in [-0.25, -0.2) is 0 Å². The number of carbonyl (C=O) groups is 1. The molecule has 0 amide bonds. The van der Waals surface area contributed by atoms with Crippen molar-refractivity contribution >= 4 is 27.7 Å². The summed E-state index contributed by atoms with van der Waals surface area (Å²) in [7, 11) is 1.59. The van der Waals surface area contributed by atoms with Crippen LogP contribution in [0.15, 0.2) is 17.5 Å². The van der Waals surface area contributed by atoms with Crippen LogP contribution < -0.4 is 4.74 Å². The lowest BCUT2D eigenvalue weighted by Gasteiger charge is -2.07. The molecule has 0 spiro atoms. The molecule has 0 N–H and O–H groups in total. The number of ether oxygens (including phenoxy) is 1. The van der Waals surface area contributed by atoms with Gasteiger partial charge in [-0.2, -0.15) is 0 Å². The van der Waals surface area contributed by atoms with E-state index in [1.54, 1.807) is 18.4 Å². The second-order valence-corrected chi connectivity index (χ2v) is 4.00. The molecule has 0 aliphatic heterocycles. The number of methoxy groups -OCH3 is 1. The molecule has 2 nitrogen and oxygen atoms in total. The zero-order valence-electron chi connectivity index (χ0n) is 8.03. The lowest BCUT2D eigenvalue weighted by Crippen LogP contribution is -1.93. The average molecular weight is 206 g/mol. The molecule has 0 bridgehead atoms. The van der Waals surface area contributed by atoms with Crippen LogP contribution in [-0.2, 0) is 0 Å². The number of hydrogen-bond acceptors (Lipinski definition) is 3. The van der Waals surface area contributed by atoms with E-state index in [2.05, 4.69) is 0 Å². The molecule has 0 fully saturated rings. The van der Waals surface area contributed by atoms with Crippen molar-refractivity contribution in [3.63, 3.8) is 0 Å². The molecule has 1 aromatic carbocycles. The van der Waals surface area contributed by atoms with Crippen LogP contribution in [0.4, 0.5) is 0 Å². The summed E-state index contributed by atoms with van der Waals surface area (Å²) in [5, 5.41) is 3.13. The maximum absolute atomic E-state index is 10.8. The number of rotatable bonds is 2. The van der Waals surface area contributed by atoms with Gasteiger partial charge in [0.1, 0.15) is 5.75 Å². The summed E-state index contributed by atoms with van der Waals surface area (Å²) in [6.45, 7) is 1.98. The molecule has 2 aromatic rings. The fourth-order valence-electron chi connectivity index (χ4n) is 1.65. The zero-order valence-corrected chi connectivity index (χ0v) is 8.85. The normalized spacial score (nSPS) is 10.4. The first-order valence-corrected chi connectivity index (χ1v) is 5.16. The molecule has 0 unspecified atom stereocenters. The van der Waals surface area contributed by atoms with Gasteiger partial charge in [-0.15, -0.1) is 11.3 Å². The second kappa shape index (κ2) is 3.42. The smallest absolute Gasteiger partial charge is 0.153 e. The molecule has 14 heavy (non-hydrogen) atoms. The fourth-order valence-corrected chi connectivity index (χ4v) is 2.53. The van der Waals surface area contributed by atoms with Crippen LogP contribution in [0.2, 0.25) is 0 Å². The third-order valence-electron chi connectivity index (χ3n) is 2.28. The molecule has 0 radical (unpaired) electrons. The summed E-state index contributed by atoms with van der Waals surface area (Å²) in [5.41, 5.74) is 1.66. The number of aldehydes is 1. The molecule has 1 heterocycles. The minimum absolute atomic E-state index is 0.621. The van der Waals surface area contributed by atoms with Crippen LogP contribution in [-0.4, -0.2) is 13.4 Å². The topological polar surface area (TPSA) is 26.3 Å². The Labute approximate surface area is 86.1 Å². The monoisotopic (exact) mass is 206 g/mol. The molecule has 72 valence electrons. The van der Waals surface area contributed by atoms with Gasteiger partial charge in [0.15, 0.2) is 6.29 Å². The van der Waals surface area contributed by atoms with Crippen LogP contribution in [0.1, 0.15) is 15.9 Å². The first-order valence-electron chi connectivity index (χ1n) is 4.28. The average Bonchev–Trinajstić information content (AvgIpc) is 2.65. The lowest BCUT2D eigenvalue weighted by molar-refractivity contribution is 0.112. The van der Waals surface area contributed by atoms with Crippen molar-refractivity contribution in [3.05, 3.63) is 28.6 Å². The molecular weight excluding hydrogens is 196 g/mol. The summed E-state index contributed by atoms with van der Waals surface area (Å²) in [4.78, 5) is 10.8. The Kier molecular flexibility index (Phi) is 2.25. The number of fused-ring (bicyclic) bond motifs is 1. The Balaban J connectivity index is 2.85. The number of aryl methyl sites for hydroxylation is 1. The van der Waals surface area contributed by atoms with Gasteiger partial charge in [-0.1, -0.05) is 0 Å². The lowest BCUT2D eigenvalue weighted by atomic mass is 10.1. The van der Waals surface area contributed by atoms with Crippen LogP contribution in [0.3, 0.4) is 0 Å². The summed E-state index contributed by atoms with van der Waals surface area (Å²) >= 11 is 1.67. The van der Waals surface area contributed by atoms with Crippen molar-refractivity contribution < 1.29 is 9.53 Å². The Bertz CT molecular complexity index is 485. The third kappa shape index (κ3) is 1.21. The minimum atomic E-state index is 0.621. The van der Waals surface area contributed by atoms with E-state index in [-0.39, 0.29) is 0 Å². The molecule has 0 saturated carbocycles. The van der Waals surface area contributed by atoms with Crippen LogP contribution in [0.5, 0.6) is 5.75 Å². The van der Waals surface area contributed by atoms with Crippen LogP contribution >= 0.6 is 11.3 Å². The van der Waals surface area contributed by atoms with Gasteiger partial charge in [0, 0.05) is 10.3 Å². The first-order chi connectivity index (χ1) is 6.77. The maximum atomic E-state index is 10.8. The SMILES string of the molecule is COc1c(C=O)cc2ccsc2c1C. The Morgan fingerprint density at radius 3 is 2.93 bits per heavy atom. The standard InChI is InChI=1S/C11H10O2S/c1-7-10(13-2)9(6-12)5-8-3-4-14-11(7)8/h3-6H,1-2H3. The van der Waals surface area contributed by atoms with E-state index >= 15 is 0 Å². The van der Waals surface area contributed by atoms with Crippen molar-refractivity contribution in [2.24, 2.45) is 0 Å². The molecule has 2 rings (SSSR count). The highest BCUT2D eigenvalue weighted by Crippen LogP contribution is 2.33. The molecule has 0 aliphatic rings. The molecule has 3 heteroatoms. The predicted molar refractivity (Wildman–Crippen MR) is 58.5 cm³/mol. The summed E-state index contributed by atoms with van der Waals surface area (Å²) in [6.07, 6.45) is 0.836. The maximum Gasteiger partial charge on any atom is 0.153 e. The summed E-state index contributed by atoms with van der Waals surface area (Å²) < 4.78 is 6.41. The highest BCUT2D eigenvalue weighted by atomic mass is 32.1. The van der Waals surface area contributed by atoms with Gasteiger partial charge >= 0.3 is 0 Å². The highest BCUT2D eigenvalue weighted by Gasteiger charge is 2.10. The fraction of sp³-hybridized carbons (Fsp3) is 0.182. The second-order valence-electron chi connectivity index (χ2n) is 3.08. The summed E-state index contributed by atoms with van der Waals surface area (Å²) in [5.74, 6) is 0.690. The van der Waals surface area contributed by atoms with E-state index in [0.717, 1.165) is 17.2 Å². The van der Waals surface area contributed by atoms with E-state index in [0.29, 0.717) is 11.3 Å². The van der Waals surface area contributed by atoms with E-state index in [4.69, 9.17) is 4.74 Å². The molecule has 0 aliphatic carbocycles. The highest BCUT2D eigenvalue weighted by molar-refractivity contribution is 7.17. The third-order valence-corrected chi connectivity index (χ3v) is 3.33. The quantitative estimate of drug-likeness (QED) is 0.706. The van der Waals surface area contributed by atoms with Gasteiger partial charge in [0.05, 0.1) is 12.7 Å². The Morgan fingerprint density at radius 1 is 1.50 bits per heavy atom. The van der Waals surface area contributed by atoms with E-state index in [9.17, 15) is 4.79 Å². The minimum Gasteiger partial charge on any atom is -0.496 e. The van der Waals surface area contributed by atoms with Crippen molar-refractivity contribution in [1.82, 2.24) is 0 Å². The number of hydrogen-bond donors (Lipinski definition) is 0. The molecule has 1 aromatic heterocycles. The Morgan fingerprint density at radius 2 is 2.29 bits per heavy atom.